The van der Waals surface area contributed by atoms with Crippen molar-refractivity contribution in [3.63, 3.8) is 0 Å². The Morgan fingerprint density at radius 3 is 3.04 bits per heavy atom. The fraction of sp³-hybridized carbons (Fsp3) is 0.474. The molecule has 0 radical (unpaired) electrons. The number of pyridine rings is 1. The standard InChI is InChI=1S/C19H21ClN4O3/c1-11-13(3-4-16(20)22-11)14-8-19(14)5-6-24(18(19)27)15(17(25)26)7-12-9-21-23(2)10-12/h3-4,9-10,14-15H,5-8H2,1-2H3,(H,25,26)/t14-,15-,19+/m1/s1/i2D3. The number of carbonyl (C=O) groups is 2. The predicted molar refractivity (Wildman–Crippen MR) is 98.4 cm³/mol. The van der Waals surface area contributed by atoms with E-state index in [2.05, 4.69) is 10.1 Å². The number of aromatic nitrogens is 3. The summed E-state index contributed by atoms with van der Waals surface area (Å²) < 4.78 is 23.0. The van der Waals surface area contributed by atoms with Gasteiger partial charge in [0.2, 0.25) is 5.91 Å². The van der Waals surface area contributed by atoms with E-state index in [1.807, 2.05) is 13.0 Å². The number of aryl methyl sites for hydroxylation is 2. The summed E-state index contributed by atoms with van der Waals surface area (Å²) in [4.78, 5) is 30.9. The van der Waals surface area contributed by atoms with Gasteiger partial charge in [-0.15, -0.1) is 0 Å². The zero-order chi connectivity index (χ0) is 21.8. The van der Waals surface area contributed by atoms with Gasteiger partial charge >= 0.3 is 5.97 Å². The number of aliphatic carboxylic acids is 1. The molecule has 7 nitrogen and oxygen atoms in total. The molecule has 0 aromatic carbocycles. The van der Waals surface area contributed by atoms with Gasteiger partial charge in [0.1, 0.15) is 11.2 Å². The van der Waals surface area contributed by atoms with Crippen molar-refractivity contribution in [3.8, 4) is 0 Å². The third kappa shape index (κ3) is 3.00. The lowest BCUT2D eigenvalue weighted by atomic mass is 9.96. The summed E-state index contributed by atoms with van der Waals surface area (Å²) >= 11 is 5.93. The number of rotatable bonds is 5. The smallest absolute Gasteiger partial charge is 0.326 e. The molecule has 1 aliphatic heterocycles. The molecule has 142 valence electrons. The van der Waals surface area contributed by atoms with E-state index in [1.54, 1.807) is 6.07 Å². The van der Waals surface area contributed by atoms with E-state index >= 15 is 0 Å². The Balaban J connectivity index is 1.53. The highest BCUT2D eigenvalue weighted by Gasteiger charge is 2.65. The average Bonchev–Trinajstić information content (AvgIpc) is 3.00. The molecular weight excluding hydrogens is 368 g/mol. The molecule has 0 unspecified atom stereocenters. The van der Waals surface area contributed by atoms with Crippen LogP contribution in [0.3, 0.4) is 0 Å². The third-order valence-corrected chi connectivity index (χ3v) is 5.97. The fourth-order valence-corrected chi connectivity index (χ4v) is 4.46. The highest BCUT2D eigenvalue weighted by Crippen LogP contribution is 2.65. The monoisotopic (exact) mass is 391 g/mol. The number of carboxylic acids is 1. The molecule has 1 spiro atoms. The Labute approximate surface area is 166 Å². The van der Waals surface area contributed by atoms with Gasteiger partial charge in [0.15, 0.2) is 0 Å². The third-order valence-electron chi connectivity index (χ3n) is 5.76. The first kappa shape index (κ1) is 14.6. The SMILES string of the molecule is [2H]C([2H])([2H])n1cc(C[C@H](C(=O)O)N2CC[C@@]3(C[C@@H]3c3ccc(Cl)nc3C)C2=O)cn1. The maximum absolute atomic E-state index is 13.3. The minimum Gasteiger partial charge on any atom is -0.480 e. The number of carboxylic acid groups (broad SMARTS) is 1. The largest absolute Gasteiger partial charge is 0.480 e. The summed E-state index contributed by atoms with van der Waals surface area (Å²) in [6, 6.07) is 2.52. The van der Waals surface area contributed by atoms with Crippen LogP contribution in [0.2, 0.25) is 5.15 Å². The van der Waals surface area contributed by atoms with Crippen LogP contribution in [0.4, 0.5) is 0 Å². The van der Waals surface area contributed by atoms with Gasteiger partial charge in [-0.3, -0.25) is 9.48 Å². The maximum atomic E-state index is 13.3. The van der Waals surface area contributed by atoms with E-state index in [0.717, 1.165) is 15.9 Å². The molecule has 8 heteroatoms. The Hall–Kier alpha value is -2.41. The second kappa shape index (κ2) is 6.34. The Bertz CT molecular complexity index is 1020. The van der Waals surface area contributed by atoms with Crippen LogP contribution in [0.25, 0.3) is 0 Å². The van der Waals surface area contributed by atoms with Crippen LogP contribution in [-0.2, 0) is 23.0 Å². The molecule has 2 aliphatic rings. The normalized spacial score (nSPS) is 27.3. The van der Waals surface area contributed by atoms with Crippen molar-refractivity contribution in [2.75, 3.05) is 6.54 Å². The van der Waals surface area contributed by atoms with Crippen LogP contribution in [-0.4, -0.2) is 49.2 Å². The molecule has 1 saturated heterocycles. The Kier molecular flexibility index (Phi) is 3.43. The molecule has 0 bridgehead atoms. The lowest BCUT2D eigenvalue weighted by Gasteiger charge is -2.24. The van der Waals surface area contributed by atoms with E-state index in [0.29, 0.717) is 30.1 Å². The Morgan fingerprint density at radius 1 is 1.56 bits per heavy atom. The molecule has 2 fully saturated rings. The lowest BCUT2D eigenvalue weighted by molar-refractivity contribution is -0.149. The molecule has 3 atom stereocenters. The molecule has 1 amide bonds. The van der Waals surface area contributed by atoms with E-state index in [4.69, 9.17) is 15.7 Å². The van der Waals surface area contributed by atoms with Gasteiger partial charge in [-0.05, 0) is 37.0 Å². The molecule has 2 aromatic heterocycles. The van der Waals surface area contributed by atoms with Crippen LogP contribution in [0.1, 0.15) is 39.7 Å². The van der Waals surface area contributed by atoms with Crippen LogP contribution in [0.5, 0.6) is 0 Å². The van der Waals surface area contributed by atoms with Crippen LogP contribution in [0, 0.1) is 12.3 Å². The van der Waals surface area contributed by atoms with Crippen LogP contribution < -0.4 is 0 Å². The first-order valence-electron chi connectivity index (χ1n) is 10.2. The fourth-order valence-electron chi connectivity index (χ4n) is 4.27. The first-order chi connectivity index (χ1) is 14.0. The molecule has 2 aromatic rings. The number of hydrogen-bond donors (Lipinski definition) is 1. The van der Waals surface area contributed by atoms with Gasteiger partial charge in [0.05, 0.1) is 11.6 Å². The zero-order valence-corrected chi connectivity index (χ0v) is 15.5. The van der Waals surface area contributed by atoms with Crippen molar-refractivity contribution < 1.29 is 18.8 Å². The van der Waals surface area contributed by atoms with Crippen molar-refractivity contribution in [1.82, 2.24) is 19.7 Å². The van der Waals surface area contributed by atoms with Gasteiger partial charge in [-0.2, -0.15) is 5.10 Å². The summed E-state index contributed by atoms with van der Waals surface area (Å²) in [5, 5.41) is 14.0. The average molecular weight is 392 g/mol. The van der Waals surface area contributed by atoms with E-state index in [1.165, 1.54) is 17.3 Å². The highest BCUT2D eigenvalue weighted by molar-refractivity contribution is 6.29. The van der Waals surface area contributed by atoms with Gasteiger partial charge in [-0.25, -0.2) is 9.78 Å². The number of hydrogen-bond acceptors (Lipinski definition) is 4. The van der Waals surface area contributed by atoms with Gasteiger partial charge in [-0.1, -0.05) is 17.7 Å². The maximum Gasteiger partial charge on any atom is 0.326 e. The quantitative estimate of drug-likeness (QED) is 0.789. The first-order valence-corrected chi connectivity index (χ1v) is 9.12. The van der Waals surface area contributed by atoms with E-state index < -0.39 is 24.4 Å². The number of halogens is 1. The second-order valence-corrected chi connectivity index (χ2v) is 7.71. The van der Waals surface area contributed by atoms with Crippen LogP contribution in [0.15, 0.2) is 24.5 Å². The number of carbonyl (C=O) groups excluding carboxylic acids is 1. The number of likely N-dealkylation sites (tertiary alicyclic amines) is 1. The van der Waals surface area contributed by atoms with Crippen molar-refractivity contribution >= 4 is 23.5 Å². The lowest BCUT2D eigenvalue weighted by Crippen LogP contribution is -2.44. The summed E-state index contributed by atoms with van der Waals surface area (Å²) in [6.45, 7) is -0.233. The van der Waals surface area contributed by atoms with Crippen molar-refractivity contribution in [2.45, 2.75) is 38.1 Å². The topological polar surface area (TPSA) is 88.3 Å². The molecule has 1 saturated carbocycles. The molecule has 1 aliphatic carbocycles. The second-order valence-electron chi connectivity index (χ2n) is 7.32. The van der Waals surface area contributed by atoms with Crippen LogP contribution >= 0.6 is 11.6 Å². The number of nitrogens with zero attached hydrogens (tertiary/aromatic N) is 4. The van der Waals surface area contributed by atoms with Crippen molar-refractivity contribution in [2.24, 2.45) is 12.4 Å². The summed E-state index contributed by atoms with van der Waals surface area (Å²) in [6.07, 6.45) is 3.88. The minimum atomic E-state index is -2.43. The predicted octanol–water partition coefficient (Wildman–Crippen LogP) is 2.18. The van der Waals surface area contributed by atoms with Crippen molar-refractivity contribution in [1.29, 1.82) is 0 Å². The minimum absolute atomic E-state index is 0.000567. The van der Waals surface area contributed by atoms with Gasteiger partial charge in [0, 0.05) is 41.9 Å². The van der Waals surface area contributed by atoms with E-state index in [-0.39, 0.29) is 18.2 Å². The molecule has 27 heavy (non-hydrogen) atoms. The summed E-state index contributed by atoms with van der Waals surface area (Å²) in [7, 11) is 0. The molecule has 4 rings (SSSR count). The summed E-state index contributed by atoms with van der Waals surface area (Å²) in [5.41, 5.74) is 1.62. The molecule has 1 N–H and O–H groups in total. The zero-order valence-electron chi connectivity index (χ0n) is 17.7. The Morgan fingerprint density at radius 2 is 2.37 bits per heavy atom. The molecular formula is C19H21ClN4O3. The number of amides is 1. The van der Waals surface area contributed by atoms with E-state index in [9.17, 15) is 14.7 Å². The highest BCUT2D eigenvalue weighted by atomic mass is 35.5. The van der Waals surface area contributed by atoms with Crippen molar-refractivity contribution in [3.05, 3.63) is 46.5 Å². The summed E-state index contributed by atoms with van der Waals surface area (Å²) in [5.74, 6) is -1.28. The van der Waals surface area contributed by atoms with Gasteiger partial charge in [0.25, 0.3) is 0 Å². The molecule has 3 heterocycles. The van der Waals surface area contributed by atoms with Gasteiger partial charge < -0.3 is 10.0 Å².